The molecule has 1 aliphatic carbocycles. The van der Waals surface area contributed by atoms with Gasteiger partial charge in [0.15, 0.2) is 0 Å². The highest BCUT2D eigenvalue weighted by Gasteiger charge is 2.20. The van der Waals surface area contributed by atoms with Crippen molar-refractivity contribution in [2.45, 2.75) is 31.8 Å². The lowest BCUT2D eigenvalue weighted by Crippen LogP contribution is -2.37. The molecule has 0 saturated carbocycles. The van der Waals surface area contributed by atoms with Crippen molar-refractivity contribution in [3.05, 3.63) is 95.6 Å². The van der Waals surface area contributed by atoms with Crippen LogP contribution in [-0.4, -0.2) is 12.5 Å². The number of hydrogen-bond acceptors (Lipinski definition) is 2. The van der Waals surface area contributed by atoms with Gasteiger partial charge in [-0.05, 0) is 47.1 Å². The van der Waals surface area contributed by atoms with Gasteiger partial charge in [-0.1, -0.05) is 78.9 Å². The van der Waals surface area contributed by atoms with Crippen LogP contribution in [0.15, 0.2) is 78.9 Å². The molecule has 1 unspecified atom stereocenters. The first kappa shape index (κ1) is 18.5. The van der Waals surface area contributed by atoms with E-state index in [1.165, 1.54) is 27.8 Å². The summed E-state index contributed by atoms with van der Waals surface area (Å²) in [7, 11) is 0. The molecule has 1 amide bonds. The van der Waals surface area contributed by atoms with Crippen LogP contribution in [0.1, 0.15) is 35.6 Å². The van der Waals surface area contributed by atoms with Crippen LogP contribution < -0.4 is 10.6 Å². The van der Waals surface area contributed by atoms with Crippen LogP contribution in [0.3, 0.4) is 0 Å². The average molecular weight is 370 g/mol. The van der Waals surface area contributed by atoms with E-state index in [0.717, 1.165) is 19.3 Å². The van der Waals surface area contributed by atoms with Crippen LogP contribution in [0.4, 0.5) is 0 Å². The average Bonchev–Trinajstić information content (AvgIpc) is 2.75. The van der Waals surface area contributed by atoms with E-state index in [9.17, 15) is 4.79 Å². The molecule has 142 valence electrons. The van der Waals surface area contributed by atoms with Crippen molar-refractivity contribution in [1.29, 1.82) is 0 Å². The first-order valence-corrected chi connectivity index (χ1v) is 10.0. The summed E-state index contributed by atoms with van der Waals surface area (Å²) >= 11 is 0. The third kappa shape index (κ3) is 4.49. The topological polar surface area (TPSA) is 41.1 Å². The predicted molar refractivity (Wildman–Crippen MR) is 114 cm³/mol. The summed E-state index contributed by atoms with van der Waals surface area (Å²) in [5.74, 6) is 0.0580. The van der Waals surface area contributed by atoms with Gasteiger partial charge in [0.1, 0.15) is 0 Å². The zero-order valence-corrected chi connectivity index (χ0v) is 16.0. The summed E-state index contributed by atoms with van der Waals surface area (Å²) in [4.78, 5) is 12.4. The van der Waals surface area contributed by atoms with Crippen molar-refractivity contribution < 1.29 is 4.79 Å². The lowest BCUT2D eigenvalue weighted by Gasteiger charge is -2.26. The summed E-state index contributed by atoms with van der Waals surface area (Å²) in [5, 5.41) is 6.45. The van der Waals surface area contributed by atoms with Gasteiger partial charge >= 0.3 is 0 Å². The highest BCUT2D eigenvalue weighted by molar-refractivity contribution is 5.78. The molecule has 3 aromatic rings. The maximum Gasteiger partial charge on any atom is 0.234 e. The van der Waals surface area contributed by atoms with Gasteiger partial charge in [-0.2, -0.15) is 0 Å². The Kier molecular flexibility index (Phi) is 5.83. The monoisotopic (exact) mass is 370 g/mol. The fraction of sp³-hybridized carbons (Fsp3) is 0.240. The normalized spacial score (nSPS) is 15.6. The van der Waals surface area contributed by atoms with E-state index in [2.05, 4.69) is 71.3 Å². The number of hydrogen-bond donors (Lipinski definition) is 2. The molecule has 2 N–H and O–H groups in total. The Morgan fingerprint density at radius 1 is 0.857 bits per heavy atom. The highest BCUT2D eigenvalue weighted by atomic mass is 16.1. The lowest BCUT2D eigenvalue weighted by atomic mass is 9.88. The maximum absolute atomic E-state index is 12.4. The highest BCUT2D eigenvalue weighted by Crippen LogP contribution is 2.29. The number of fused-ring (bicyclic) bond motifs is 1. The van der Waals surface area contributed by atoms with Crippen molar-refractivity contribution in [1.82, 2.24) is 10.6 Å². The van der Waals surface area contributed by atoms with E-state index in [1.807, 2.05) is 18.2 Å². The molecule has 3 heteroatoms. The van der Waals surface area contributed by atoms with Gasteiger partial charge in [0.25, 0.3) is 0 Å². The number of aryl methyl sites for hydroxylation is 1. The zero-order chi connectivity index (χ0) is 19.2. The molecule has 0 bridgehead atoms. The Labute approximate surface area is 166 Å². The Morgan fingerprint density at radius 3 is 2.39 bits per heavy atom. The molecular weight excluding hydrogens is 344 g/mol. The number of amides is 1. The number of carbonyl (C=O) groups is 1. The minimum atomic E-state index is 0.0580. The van der Waals surface area contributed by atoms with Crippen molar-refractivity contribution in [2.75, 3.05) is 6.54 Å². The second kappa shape index (κ2) is 8.85. The molecule has 1 aliphatic rings. The van der Waals surface area contributed by atoms with Crippen molar-refractivity contribution in [3.8, 4) is 11.1 Å². The van der Waals surface area contributed by atoms with Crippen molar-refractivity contribution in [2.24, 2.45) is 0 Å². The van der Waals surface area contributed by atoms with Crippen molar-refractivity contribution >= 4 is 5.91 Å². The van der Waals surface area contributed by atoms with Gasteiger partial charge in [-0.15, -0.1) is 0 Å². The van der Waals surface area contributed by atoms with Crippen LogP contribution in [-0.2, 0) is 17.8 Å². The van der Waals surface area contributed by atoms with Gasteiger partial charge in [0, 0.05) is 6.54 Å². The molecule has 28 heavy (non-hydrogen) atoms. The molecule has 4 rings (SSSR count). The number of rotatable bonds is 6. The fourth-order valence-corrected chi connectivity index (χ4v) is 3.92. The summed E-state index contributed by atoms with van der Waals surface area (Å²) < 4.78 is 0. The molecule has 0 aromatic heterocycles. The third-order valence-electron chi connectivity index (χ3n) is 5.38. The minimum absolute atomic E-state index is 0.0580. The number of carbonyl (C=O) groups excluding carboxylic acids is 1. The molecule has 0 saturated heterocycles. The SMILES string of the molecule is O=C(CNCc1ccc(-c2ccccc2)cc1)NC1CCCc2ccccc21. The van der Waals surface area contributed by atoms with Crippen LogP contribution in [0.5, 0.6) is 0 Å². The number of benzene rings is 3. The fourth-order valence-electron chi connectivity index (χ4n) is 3.92. The Balaban J connectivity index is 1.27. The molecule has 1 atom stereocenters. The Bertz CT molecular complexity index is 919. The summed E-state index contributed by atoms with van der Waals surface area (Å²) in [6.45, 7) is 1.02. The Hall–Kier alpha value is -2.91. The van der Waals surface area contributed by atoms with E-state index >= 15 is 0 Å². The summed E-state index contributed by atoms with van der Waals surface area (Å²) in [6, 6.07) is 27.4. The largest absolute Gasteiger partial charge is 0.348 e. The molecule has 0 radical (unpaired) electrons. The molecule has 0 spiro atoms. The summed E-state index contributed by atoms with van der Waals surface area (Å²) in [5.41, 5.74) is 6.24. The molecular formula is C25H26N2O. The first-order chi connectivity index (χ1) is 13.8. The predicted octanol–water partition coefficient (Wildman–Crippen LogP) is 4.64. The van der Waals surface area contributed by atoms with Crippen molar-refractivity contribution in [3.63, 3.8) is 0 Å². The van der Waals surface area contributed by atoms with E-state index < -0.39 is 0 Å². The van der Waals surface area contributed by atoms with Gasteiger partial charge in [-0.25, -0.2) is 0 Å². The smallest absolute Gasteiger partial charge is 0.234 e. The maximum atomic E-state index is 12.4. The van der Waals surface area contributed by atoms with Crippen LogP contribution >= 0.6 is 0 Å². The van der Waals surface area contributed by atoms with Gasteiger partial charge in [-0.3, -0.25) is 4.79 Å². The third-order valence-corrected chi connectivity index (χ3v) is 5.38. The second-order valence-electron chi connectivity index (χ2n) is 7.38. The van der Waals surface area contributed by atoms with E-state index in [0.29, 0.717) is 13.1 Å². The number of nitrogens with one attached hydrogen (secondary N) is 2. The molecule has 0 aliphatic heterocycles. The summed E-state index contributed by atoms with van der Waals surface area (Å²) in [6.07, 6.45) is 3.26. The quantitative estimate of drug-likeness (QED) is 0.664. The van der Waals surface area contributed by atoms with Crippen LogP contribution in [0, 0.1) is 0 Å². The van der Waals surface area contributed by atoms with Crippen LogP contribution in [0.25, 0.3) is 11.1 Å². The van der Waals surface area contributed by atoms with E-state index in [-0.39, 0.29) is 11.9 Å². The van der Waals surface area contributed by atoms with Gasteiger partial charge in [0.2, 0.25) is 5.91 Å². The Morgan fingerprint density at radius 2 is 1.57 bits per heavy atom. The molecule has 3 nitrogen and oxygen atoms in total. The van der Waals surface area contributed by atoms with E-state index in [1.54, 1.807) is 0 Å². The minimum Gasteiger partial charge on any atom is -0.348 e. The van der Waals surface area contributed by atoms with Gasteiger partial charge < -0.3 is 10.6 Å². The lowest BCUT2D eigenvalue weighted by molar-refractivity contribution is -0.121. The molecule has 0 fully saturated rings. The standard InChI is InChI=1S/C25H26N2O/c28-25(27-24-12-6-10-22-9-4-5-11-23(22)24)18-26-17-19-13-15-21(16-14-19)20-7-2-1-3-8-20/h1-5,7-9,11,13-16,24,26H,6,10,12,17-18H2,(H,27,28). The second-order valence-corrected chi connectivity index (χ2v) is 7.38. The zero-order valence-electron chi connectivity index (χ0n) is 16.0. The molecule has 3 aromatic carbocycles. The van der Waals surface area contributed by atoms with Crippen LogP contribution in [0.2, 0.25) is 0 Å². The van der Waals surface area contributed by atoms with Gasteiger partial charge in [0.05, 0.1) is 12.6 Å². The van der Waals surface area contributed by atoms with E-state index in [4.69, 9.17) is 0 Å². The molecule has 0 heterocycles. The first-order valence-electron chi connectivity index (χ1n) is 10.0.